The first-order valence-corrected chi connectivity index (χ1v) is 11.0. The van der Waals surface area contributed by atoms with Gasteiger partial charge in [0.25, 0.3) is 5.91 Å². The lowest BCUT2D eigenvalue weighted by Gasteiger charge is -2.19. The minimum absolute atomic E-state index is 0.0800. The molecule has 0 radical (unpaired) electrons. The minimum Gasteiger partial charge on any atom is -0.353 e. The Kier molecular flexibility index (Phi) is 8.31. The number of hydrazine groups is 1. The molecule has 1 aliphatic heterocycles. The van der Waals surface area contributed by atoms with Crippen LogP contribution in [0.1, 0.15) is 33.0 Å². The normalized spacial score (nSPS) is 15.3. The number of aliphatic imine (C=N–C) groups is 1. The van der Waals surface area contributed by atoms with Crippen molar-refractivity contribution < 1.29 is 35.5 Å². The Balaban J connectivity index is 1.98. The Bertz CT molecular complexity index is 1210. The minimum atomic E-state index is -5.13. The highest BCUT2D eigenvalue weighted by Gasteiger charge is 2.41. The maximum Gasteiger partial charge on any atom is 0.417 e. The molecule has 1 unspecified atom stereocenters. The maximum absolute atomic E-state index is 14.9. The fourth-order valence-electron chi connectivity index (χ4n) is 3.17. The zero-order valence-corrected chi connectivity index (χ0v) is 19.9. The van der Waals surface area contributed by atoms with Crippen LogP contribution < -0.4 is 16.2 Å². The van der Waals surface area contributed by atoms with Gasteiger partial charge in [-0.1, -0.05) is 40.9 Å². The van der Waals surface area contributed by atoms with Crippen molar-refractivity contribution in [1.29, 1.82) is 0 Å². The molecule has 194 valence electrons. The van der Waals surface area contributed by atoms with Gasteiger partial charge in [-0.15, -0.1) is 0 Å². The van der Waals surface area contributed by atoms with Crippen LogP contribution in [0, 0.1) is 0 Å². The molecule has 15 heteroatoms. The van der Waals surface area contributed by atoms with Crippen LogP contribution >= 0.6 is 34.8 Å². The van der Waals surface area contributed by atoms with Gasteiger partial charge in [0.15, 0.2) is 0 Å². The topological polar surface area (TPSA) is 65.5 Å². The number of carbonyl (C=O) groups excluding carboxylic acids is 1. The van der Waals surface area contributed by atoms with Gasteiger partial charge in [0, 0.05) is 12.1 Å². The largest absolute Gasteiger partial charge is 0.417 e. The number of hydrogen-bond acceptors (Lipinski definition) is 4. The van der Waals surface area contributed by atoms with E-state index in [0.29, 0.717) is 19.2 Å². The molecule has 2 aromatic rings. The van der Waals surface area contributed by atoms with Crippen LogP contribution in [0.15, 0.2) is 41.4 Å². The van der Waals surface area contributed by atoms with Gasteiger partial charge in [-0.25, -0.2) is 4.39 Å². The summed E-state index contributed by atoms with van der Waals surface area (Å²) in [5, 5.41) is 1.84. The molecule has 0 aliphatic carbocycles. The van der Waals surface area contributed by atoms with Crippen LogP contribution in [0.3, 0.4) is 0 Å². The number of allylic oxidation sites excluding steroid dienone is 1. The predicted octanol–water partition coefficient (Wildman–Crippen LogP) is 6.52. The molecule has 0 spiro atoms. The number of nitrogens with zero attached hydrogens (tertiary/aromatic N) is 1. The van der Waals surface area contributed by atoms with Crippen molar-refractivity contribution >= 4 is 52.5 Å². The van der Waals surface area contributed by atoms with E-state index >= 15 is 0 Å². The first kappa shape index (κ1) is 27.9. The average Bonchev–Trinajstić information content (AvgIpc) is 3.31. The third kappa shape index (κ3) is 6.54. The number of guanidine groups is 1. The average molecular weight is 578 g/mol. The second-order valence-electron chi connectivity index (χ2n) is 7.33. The second-order valence-corrected chi connectivity index (χ2v) is 8.52. The van der Waals surface area contributed by atoms with Crippen molar-refractivity contribution in [3.05, 3.63) is 73.7 Å². The van der Waals surface area contributed by atoms with Crippen LogP contribution in [-0.4, -0.2) is 31.1 Å². The summed E-state index contributed by atoms with van der Waals surface area (Å²) in [7, 11) is 0. The van der Waals surface area contributed by atoms with Crippen LogP contribution in [0.4, 0.5) is 30.7 Å². The third-order valence-electron chi connectivity index (χ3n) is 4.84. The van der Waals surface area contributed by atoms with Crippen molar-refractivity contribution in [2.24, 2.45) is 4.99 Å². The van der Waals surface area contributed by atoms with E-state index in [1.165, 1.54) is 0 Å². The van der Waals surface area contributed by atoms with Crippen LogP contribution in [0.5, 0.6) is 0 Å². The Hall–Kier alpha value is -2.70. The zero-order chi connectivity index (χ0) is 26.8. The molecule has 36 heavy (non-hydrogen) atoms. The fraction of sp³-hybridized carbons (Fsp3) is 0.238. The highest BCUT2D eigenvalue weighted by molar-refractivity contribution is 6.48. The van der Waals surface area contributed by atoms with Gasteiger partial charge in [-0.3, -0.25) is 20.6 Å². The highest BCUT2D eigenvalue weighted by atomic mass is 35.5. The van der Waals surface area contributed by atoms with E-state index in [1.807, 2.05) is 5.43 Å². The number of alkyl halides is 6. The number of nitrogens with one attached hydrogen (secondary N) is 3. The fourth-order valence-corrected chi connectivity index (χ4v) is 3.78. The van der Waals surface area contributed by atoms with E-state index in [2.05, 4.69) is 15.7 Å². The zero-order valence-electron chi connectivity index (χ0n) is 17.6. The maximum atomic E-state index is 14.9. The molecule has 0 saturated carbocycles. The number of rotatable bonds is 4. The standard InChI is InChI=1S/C21H14Cl3F7N4O/c22-14-6-10(7-15(23)17(14)24)12(20(26,27)28)8-16(25)9-1-2-11(13(5-9)21(29,30)31)18(36)34-35-19-32-3-4-33-19/h1-2,5-8,12H,3-4H2,(H,34,36)(H2,32,33,35). The number of amides is 1. The summed E-state index contributed by atoms with van der Waals surface area (Å²) in [6.07, 6.45) is -10.1. The highest BCUT2D eigenvalue weighted by Crippen LogP contribution is 2.42. The Morgan fingerprint density at radius 1 is 1.06 bits per heavy atom. The summed E-state index contributed by atoms with van der Waals surface area (Å²) in [6, 6.07) is 3.27. The van der Waals surface area contributed by atoms with Crippen molar-refractivity contribution in [2.45, 2.75) is 18.3 Å². The predicted molar refractivity (Wildman–Crippen MR) is 122 cm³/mol. The van der Waals surface area contributed by atoms with Crippen molar-refractivity contribution in [1.82, 2.24) is 16.2 Å². The molecule has 0 saturated heterocycles. The molecule has 5 nitrogen and oxygen atoms in total. The quantitative estimate of drug-likeness (QED) is 0.220. The van der Waals surface area contributed by atoms with Gasteiger partial charge in [-0.05, 0) is 35.9 Å². The van der Waals surface area contributed by atoms with E-state index in [1.54, 1.807) is 0 Å². The first-order valence-electron chi connectivity index (χ1n) is 9.83. The second kappa shape index (κ2) is 10.7. The number of benzene rings is 2. The molecule has 1 heterocycles. The summed E-state index contributed by atoms with van der Waals surface area (Å²) in [6.45, 7) is 0.847. The summed E-state index contributed by atoms with van der Waals surface area (Å²) < 4.78 is 96.9. The molecule has 0 bridgehead atoms. The molecular weight excluding hydrogens is 564 g/mol. The van der Waals surface area contributed by atoms with E-state index in [9.17, 15) is 35.5 Å². The van der Waals surface area contributed by atoms with Gasteiger partial charge >= 0.3 is 12.4 Å². The molecule has 2 aromatic carbocycles. The molecule has 3 N–H and O–H groups in total. The van der Waals surface area contributed by atoms with E-state index < -0.39 is 52.3 Å². The van der Waals surface area contributed by atoms with Gasteiger partial charge in [0.05, 0.1) is 32.7 Å². The molecule has 3 rings (SSSR count). The molecular formula is C21H14Cl3F7N4O. The van der Waals surface area contributed by atoms with E-state index in [0.717, 1.165) is 18.2 Å². The van der Waals surface area contributed by atoms with E-state index in [-0.39, 0.29) is 33.2 Å². The summed E-state index contributed by atoms with van der Waals surface area (Å²) in [5.41, 5.74) is 0.433. The lowest BCUT2D eigenvalue weighted by Crippen LogP contribution is -2.46. The van der Waals surface area contributed by atoms with Gasteiger partial charge in [0.1, 0.15) is 11.7 Å². The summed E-state index contributed by atoms with van der Waals surface area (Å²) >= 11 is 17.3. The van der Waals surface area contributed by atoms with Gasteiger partial charge in [-0.2, -0.15) is 26.3 Å². The molecule has 1 aliphatic rings. The monoisotopic (exact) mass is 576 g/mol. The van der Waals surface area contributed by atoms with Crippen LogP contribution in [0.2, 0.25) is 15.1 Å². The molecule has 1 atom stereocenters. The van der Waals surface area contributed by atoms with Crippen LogP contribution in [0.25, 0.3) is 5.83 Å². The van der Waals surface area contributed by atoms with Gasteiger partial charge < -0.3 is 5.32 Å². The Labute approximate surface area is 214 Å². The number of halogens is 10. The smallest absolute Gasteiger partial charge is 0.353 e. The first-order chi connectivity index (χ1) is 16.7. The van der Waals surface area contributed by atoms with Crippen molar-refractivity contribution in [3.8, 4) is 0 Å². The lowest BCUT2D eigenvalue weighted by molar-refractivity contribution is -0.140. The molecule has 0 aromatic heterocycles. The summed E-state index contributed by atoms with van der Waals surface area (Å²) in [4.78, 5) is 16.2. The molecule has 1 amide bonds. The lowest BCUT2D eigenvalue weighted by atomic mass is 9.95. The van der Waals surface area contributed by atoms with Crippen LogP contribution in [-0.2, 0) is 6.18 Å². The SMILES string of the molecule is O=C(NNC1=NCCN1)c1ccc(C(F)=CC(c2cc(Cl)c(Cl)c(Cl)c2)C(F)(F)F)cc1C(F)(F)F. The van der Waals surface area contributed by atoms with Gasteiger partial charge in [0.2, 0.25) is 5.96 Å². The van der Waals surface area contributed by atoms with E-state index in [4.69, 9.17) is 34.8 Å². The van der Waals surface area contributed by atoms with Crippen molar-refractivity contribution in [3.63, 3.8) is 0 Å². The number of hydrogen-bond donors (Lipinski definition) is 3. The number of carbonyl (C=O) groups is 1. The van der Waals surface area contributed by atoms with Crippen molar-refractivity contribution in [2.75, 3.05) is 13.1 Å². The Morgan fingerprint density at radius 2 is 1.69 bits per heavy atom. The summed E-state index contributed by atoms with van der Waals surface area (Å²) in [5.74, 6) is -5.35. The Morgan fingerprint density at radius 3 is 2.22 bits per heavy atom. The third-order valence-corrected chi connectivity index (χ3v) is 6.04. The molecule has 0 fully saturated rings.